The summed E-state index contributed by atoms with van der Waals surface area (Å²) in [5.74, 6) is -0.391. The lowest BCUT2D eigenvalue weighted by atomic mass is 9.91. The van der Waals surface area contributed by atoms with Gasteiger partial charge in [-0.05, 0) is 39.6 Å². The Balaban J connectivity index is 1.97. The summed E-state index contributed by atoms with van der Waals surface area (Å²) >= 11 is 0. The molecule has 0 fully saturated rings. The maximum atomic E-state index is 14.5. The van der Waals surface area contributed by atoms with Crippen LogP contribution in [-0.2, 0) is 0 Å². The van der Waals surface area contributed by atoms with Crippen LogP contribution in [-0.4, -0.2) is 6.29 Å². The topological polar surface area (TPSA) is 17.1 Å². The molecule has 0 saturated heterocycles. The van der Waals surface area contributed by atoms with Gasteiger partial charge in [-0.1, -0.05) is 72.8 Å². The number of hydrogen-bond donors (Lipinski definition) is 0. The molecule has 0 heterocycles. The summed E-state index contributed by atoms with van der Waals surface area (Å²) < 4.78 is 14.5. The Kier molecular flexibility index (Phi) is 3.87. The van der Waals surface area contributed by atoms with Crippen LogP contribution in [0.25, 0.3) is 33.0 Å². The predicted molar refractivity (Wildman–Crippen MR) is 100 cm³/mol. The first-order valence-electron chi connectivity index (χ1n) is 8.10. The van der Waals surface area contributed by atoms with Gasteiger partial charge < -0.3 is 0 Å². The second-order valence-electron chi connectivity index (χ2n) is 5.93. The van der Waals surface area contributed by atoms with Crippen LogP contribution in [0.15, 0.2) is 84.9 Å². The van der Waals surface area contributed by atoms with Crippen molar-refractivity contribution in [1.29, 1.82) is 0 Å². The van der Waals surface area contributed by atoms with Gasteiger partial charge in [0.25, 0.3) is 0 Å². The van der Waals surface area contributed by atoms with Crippen LogP contribution in [0.5, 0.6) is 0 Å². The summed E-state index contributed by atoms with van der Waals surface area (Å²) in [7, 11) is 0. The van der Waals surface area contributed by atoms with Crippen LogP contribution in [0.2, 0.25) is 0 Å². The van der Waals surface area contributed by atoms with Crippen LogP contribution in [0, 0.1) is 5.82 Å². The summed E-state index contributed by atoms with van der Waals surface area (Å²) in [5, 5.41) is 2.21. The average molecular weight is 326 g/mol. The summed E-state index contributed by atoms with van der Waals surface area (Å²) in [6.45, 7) is 0. The van der Waals surface area contributed by atoms with Crippen LogP contribution in [0.1, 0.15) is 10.4 Å². The highest BCUT2D eigenvalue weighted by atomic mass is 19.1. The van der Waals surface area contributed by atoms with E-state index in [4.69, 9.17) is 0 Å². The van der Waals surface area contributed by atoms with Gasteiger partial charge in [0.05, 0.1) is 0 Å². The zero-order valence-electron chi connectivity index (χ0n) is 13.4. The van der Waals surface area contributed by atoms with Crippen LogP contribution >= 0.6 is 0 Å². The molecule has 0 N–H and O–H groups in total. The molecule has 120 valence electrons. The molecular weight excluding hydrogens is 311 g/mol. The fourth-order valence-corrected chi connectivity index (χ4v) is 3.22. The molecule has 0 saturated carbocycles. The quantitative estimate of drug-likeness (QED) is 0.414. The minimum atomic E-state index is -0.391. The number of rotatable bonds is 3. The average Bonchev–Trinajstić information content (AvgIpc) is 2.68. The number of benzene rings is 4. The molecule has 0 aromatic heterocycles. The smallest absolute Gasteiger partial charge is 0.151 e. The number of halogens is 1. The first kappa shape index (κ1) is 15.3. The van der Waals surface area contributed by atoms with Gasteiger partial charge in [-0.2, -0.15) is 0 Å². The Morgan fingerprint density at radius 1 is 0.680 bits per heavy atom. The molecule has 0 spiro atoms. The number of carbonyl (C=O) groups excluding carboxylic acids is 1. The van der Waals surface area contributed by atoms with Crippen molar-refractivity contribution in [3.05, 3.63) is 96.3 Å². The fraction of sp³-hybridized carbons (Fsp3) is 0. The molecule has 0 aliphatic rings. The maximum absolute atomic E-state index is 14.5. The molecule has 0 aliphatic carbocycles. The van der Waals surface area contributed by atoms with E-state index >= 15 is 0 Å². The van der Waals surface area contributed by atoms with Crippen LogP contribution in [0.4, 0.5) is 4.39 Å². The normalized spacial score (nSPS) is 10.8. The van der Waals surface area contributed by atoms with Gasteiger partial charge in [-0.25, -0.2) is 4.39 Å². The summed E-state index contributed by atoms with van der Waals surface area (Å²) in [5.41, 5.74) is 3.06. The van der Waals surface area contributed by atoms with Gasteiger partial charge in [0.1, 0.15) is 5.82 Å². The Morgan fingerprint density at radius 2 is 1.40 bits per heavy atom. The van der Waals surface area contributed by atoms with E-state index in [2.05, 4.69) is 0 Å². The van der Waals surface area contributed by atoms with Crippen molar-refractivity contribution in [2.24, 2.45) is 0 Å². The van der Waals surface area contributed by atoms with E-state index < -0.39 is 5.82 Å². The van der Waals surface area contributed by atoms with E-state index in [-0.39, 0.29) is 0 Å². The van der Waals surface area contributed by atoms with Crippen LogP contribution < -0.4 is 0 Å². The first-order valence-corrected chi connectivity index (χ1v) is 8.10. The first-order chi connectivity index (χ1) is 12.3. The molecule has 1 nitrogen and oxygen atoms in total. The number of hydrogen-bond acceptors (Lipinski definition) is 1. The van der Waals surface area contributed by atoms with Crippen molar-refractivity contribution < 1.29 is 9.18 Å². The third kappa shape index (κ3) is 2.72. The van der Waals surface area contributed by atoms with Crippen molar-refractivity contribution in [2.45, 2.75) is 0 Å². The van der Waals surface area contributed by atoms with E-state index in [1.165, 1.54) is 6.07 Å². The standard InChI is InChI=1S/C23H15FO/c24-22-13-12-20(19-11-10-16-6-4-5-9-18(16)14-19)21(15-25)23(22)17-7-2-1-3-8-17/h1-15H. The van der Waals surface area contributed by atoms with Crippen LogP contribution in [0.3, 0.4) is 0 Å². The van der Waals surface area contributed by atoms with Crippen molar-refractivity contribution in [2.75, 3.05) is 0 Å². The van der Waals surface area contributed by atoms with Gasteiger partial charge in [0.2, 0.25) is 0 Å². The molecule has 2 heteroatoms. The van der Waals surface area contributed by atoms with E-state index in [0.29, 0.717) is 16.7 Å². The molecule has 4 rings (SSSR count). The van der Waals surface area contributed by atoms with Gasteiger partial charge in [-0.15, -0.1) is 0 Å². The monoisotopic (exact) mass is 326 g/mol. The molecule has 25 heavy (non-hydrogen) atoms. The Bertz CT molecular complexity index is 1070. The summed E-state index contributed by atoms with van der Waals surface area (Å²) in [4.78, 5) is 11.8. The van der Waals surface area contributed by atoms with E-state index in [9.17, 15) is 9.18 Å². The third-order valence-electron chi connectivity index (χ3n) is 4.44. The second-order valence-corrected chi connectivity index (χ2v) is 5.93. The number of aldehydes is 1. The maximum Gasteiger partial charge on any atom is 0.151 e. The van der Waals surface area contributed by atoms with Crippen molar-refractivity contribution in [3.63, 3.8) is 0 Å². The van der Waals surface area contributed by atoms with Gasteiger partial charge >= 0.3 is 0 Å². The van der Waals surface area contributed by atoms with E-state index in [0.717, 1.165) is 28.2 Å². The fourth-order valence-electron chi connectivity index (χ4n) is 3.22. The molecule has 4 aromatic rings. The SMILES string of the molecule is O=Cc1c(-c2ccc3ccccc3c2)ccc(F)c1-c1ccccc1. The second kappa shape index (κ2) is 6.33. The molecule has 0 atom stereocenters. The molecule has 0 unspecified atom stereocenters. The van der Waals surface area contributed by atoms with Gasteiger partial charge in [0.15, 0.2) is 6.29 Å². The van der Waals surface area contributed by atoms with Crippen molar-refractivity contribution >= 4 is 17.1 Å². The van der Waals surface area contributed by atoms with Gasteiger partial charge in [0, 0.05) is 11.1 Å². The molecule has 4 aromatic carbocycles. The lowest BCUT2D eigenvalue weighted by molar-refractivity contribution is 0.112. The molecule has 0 bridgehead atoms. The van der Waals surface area contributed by atoms with Crippen molar-refractivity contribution in [1.82, 2.24) is 0 Å². The number of carbonyl (C=O) groups is 1. The lowest BCUT2D eigenvalue weighted by Gasteiger charge is -2.13. The number of fused-ring (bicyclic) bond motifs is 1. The molecular formula is C23H15FO. The Hall–Kier alpha value is -3.26. The van der Waals surface area contributed by atoms with E-state index in [1.54, 1.807) is 6.07 Å². The Labute approximate surface area is 145 Å². The predicted octanol–water partition coefficient (Wildman–Crippen LogP) is 6.13. The van der Waals surface area contributed by atoms with Gasteiger partial charge in [-0.3, -0.25) is 4.79 Å². The van der Waals surface area contributed by atoms with E-state index in [1.807, 2.05) is 72.8 Å². The highest BCUT2D eigenvalue weighted by Gasteiger charge is 2.16. The highest BCUT2D eigenvalue weighted by Crippen LogP contribution is 2.34. The Morgan fingerprint density at radius 3 is 2.16 bits per heavy atom. The van der Waals surface area contributed by atoms with Crippen molar-refractivity contribution in [3.8, 4) is 22.3 Å². The highest BCUT2D eigenvalue weighted by molar-refractivity contribution is 5.98. The molecule has 0 amide bonds. The zero-order chi connectivity index (χ0) is 17.2. The summed E-state index contributed by atoms with van der Waals surface area (Å²) in [6.07, 6.45) is 0.746. The molecule has 0 radical (unpaired) electrons. The molecule has 0 aliphatic heterocycles. The summed E-state index contributed by atoms with van der Waals surface area (Å²) in [6, 6.07) is 26.3. The third-order valence-corrected chi connectivity index (χ3v) is 4.44. The largest absolute Gasteiger partial charge is 0.298 e. The minimum Gasteiger partial charge on any atom is -0.298 e. The minimum absolute atomic E-state index is 0.348. The zero-order valence-corrected chi connectivity index (χ0v) is 13.4. The lowest BCUT2D eigenvalue weighted by Crippen LogP contribution is -1.96.